The van der Waals surface area contributed by atoms with Crippen LogP contribution >= 0.6 is 11.6 Å². The Hall–Kier alpha value is -2.35. The average Bonchev–Trinajstić information content (AvgIpc) is 2.37. The maximum absolute atomic E-state index is 12.6. The van der Waals surface area contributed by atoms with Crippen LogP contribution in [0.1, 0.15) is 16.1 Å². The number of benzene rings is 1. The van der Waals surface area contributed by atoms with E-state index >= 15 is 0 Å². The molecule has 0 saturated heterocycles. The van der Waals surface area contributed by atoms with Crippen molar-refractivity contribution in [2.75, 3.05) is 0 Å². The number of para-hydroxylation sites is 1. The van der Waals surface area contributed by atoms with Crippen LogP contribution in [0, 0.1) is 0 Å². The first-order chi connectivity index (χ1) is 9.77. The first-order valence-electron chi connectivity index (χ1n) is 5.46. The molecule has 5 nitrogen and oxygen atoms in total. The summed E-state index contributed by atoms with van der Waals surface area (Å²) in [5.41, 5.74) is 3.88. The maximum Gasteiger partial charge on any atom is 0.433 e. The van der Waals surface area contributed by atoms with E-state index in [4.69, 9.17) is 22.1 Å². The minimum absolute atomic E-state index is 0.000735. The van der Waals surface area contributed by atoms with Gasteiger partial charge in [0.2, 0.25) is 11.2 Å². The Morgan fingerprint density at radius 2 is 1.90 bits per heavy atom. The summed E-state index contributed by atoms with van der Waals surface area (Å²) in [4.78, 5) is 17.8. The van der Waals surface area contributed by atoms with Crippen LogP contribution in [0.4, 0.5) is 13.2 Å². The summed E-state index contributed by atoms with van der Waals surface area (Å²) in [6.45, 7) is 0. The third-order valence-corrected chi connectivity index (χ3v) is 2.50. The van der Waals surface area contributed by atoms with Gasteiger partial charge in [-0.05, 0) is 23.7 Å². The van der Waals surface area contributed by atoms with Gasteiger partial charge >= 0.3 is 6.18 Å². The van der Waals surface area contributed by atoms with E-state index in [2.05, 4.69) is 9.97 Å². The molecule has 1 aromatic carbocycles. The SMILES string of the molecule is NC(=O)c1ccccc1Oc1cc(C(F)(F)F)nc(Cl)n1. The van der Waals surface area contributed by atoms with E-state index in [0.717, 1.165) is 0 Å². The van der Waals surface area contributed by atoms with Crippen LogP contribution in [-0.4, -0.2) is 15.9 Å². The first kappa shape index (κ1) is 15.0. The van der Waals surface area contributed by atoms with Crippen molar-refractivity contribution in [2.24, 2.45) is 5.73 Å². The van der Waals surface area contributed by atoms with Gasteiger partial charge in [-0.25, -0.2) is 4.98 Å². The lowest BCUT2D eigenvalue weighted by Crippen LogP contribution is -2.12. The van der Waals surface area contributed by atoms with Gasteiger partial charge in [-0.15, -0.1) is 0 Å². The summed E-state index contributed by atoms with van der Waals surface area (Å²) in [6.07, 6.45) is -4.70. The Morgan fingerprint density at radius 1 is 1.24 bits per heavy atom. The normalized spacial score (nSPS) is 11.2. The van der Waals surface area contributed by atoms with Gasteiger partial charge in [0, 0.05) is 6.07 Å². The molecule has 0 aliphatic heterocycles. The molecule has 0 radical (unpaired) electrons. The van der Waals surface area contributed by atoms with Crippen molar-refractivity contribution in [2.45, 2.75) is 6.18 Å². The van der Waals surface area contributed by atoms with Crippen LogP contribution < -0.4 is 10.5 Å². The fraction of sp³-hybridized carbons (Fsp3) is 0.0833. The number of alkyl halides is 3. The highest BCUT2D eigenvalue weighted by Crippen LogP contribution is 2.32. The van der Waals surface area contributed by atoms with E-state index in [9.17, 15) is 18.0 Å². The summed E-state index contributed by atoms with van der Waals surface area (Å²) in [5, 5.41) is -0.628. The zero-order chi connectivity index (χ0) is 15.6. The number of hydrogen-bond donors (Lipinski definition) is 1. The van der Waals surface area contributed by atoms with Crippen LogP contribution in [-0.2, 0) is 6.18 Å². The van der Waals surface area contributed by atoms with Crippen LogP contribution in [0.2, 0.25) is 5.28 Å². The molecule has 0 bridgehead atoms. The molecular weight excluding hydrogens is 311 g/mol. The largest absolute Gasteiger partial charge is 0.438 e. The molecule has 0 fully saturated rings. The van der Waals surface area contributed by atoms with Crippen molar-refractivity contribution < 1.29 is 22.7 Å². The second kappa shape index (κ2) is 5.57. The molecule has 0 saturated carbocycles. The van der Waals surface area contributed by atoms with Gasteiger partial charge in [-0.3, -0.25) is 4.79 Å². The number of rotatable bonds is 3. The number of ether oxygens (including phenoxy) is 1. The lowest BCUT2D eigenvalue weighted by molar-refractivity contribution is -0.141. The topological polar surface area (TPSA) is 78.1 Å². The second-order valence-corrected chi connectivity index (χ2v) is 4.16. The second-order valence-electron chi connectivity index (χ2n) is 3.82. The molecule has 0 unspecified atom stereocenters. The smallest absolute Gasteiger partial charge is 0.433 e. The van der Waals surface area contributed by atoms with Crippen molar-refractivity contribution in [1.82, 2.24) is 9.97 Å². The standard InChI is InChI=1S/C12H7ClF3N3O2/c13-11-18-8(12(14,15)16)5-9(19-11)21-7-4-2-1-3-6(7)10(17)20/h1-5H,(H2,17,20). The van der Waals surface area contributed by atoms with Gasteiger partial charge < -0.3 is 10.5 Å². The number of nitrogens with zero attached hydrogens (tertiary/aromatic N) is 2. The van der Waals surface area contributed by atoms with E-state index in [1.54, 1.807) is 0 Å². The fourth-order valence-electron chi connectivity index (χ4n) is 1.47. The number of aromatic nitrogens is 2. The van der Waals surface area contributed by atoms with Gasteiger partial charge in [-0.1, -0.05) is 12.1 Å². The van der Waals surface area contributed by atoms with Gasteiger partial charge in [0.1, 0.15) is 5.75 Å². The summed E-state index contributed by atoms with van der Waals surface area (Å²) in [7, 11) is 0. The highest BCUT2D eigenvalue weighted by atomic mass is 35.5. The molecular formula is C12H7ClF3N3O2. The highest BCUT2D eigenvalue weighted by molar-refractivity contribution is 6.28. The Bertz CT molecular complexity index is 692. The van der Waals surface area contributed by atoms with Crippen LogP contribution in [0.15, 0.2) is 30.3 Å². The molecule has 2 N–H and O–H groups in total. The highest BCUT2D eigenvalue weighted by Gasteiger charge is 2.34. The van der Waals surface area contributed by atoms with Gasteiger partial charge in [0.05, 0.1) is 5.56 Å². The number of nitrogens with two attached hydrogens (primary N) is 1. The number of carbonyl (C=O) groups is 1. The van der Waals surface area contributed by atoms with E-state index in [-0.39, 0.29) is 11.3 Å². The third-order valence-electron chi connectivity index (χ3n) is 2.33. The first-order valence-corrected chi connectivity index (χ1v) is 5.83. The monoisotopic (exact) mass is 317 g/mol. The summed E-state index contributed by atoms with van der Waals surface area (Å²) in [6, 6.07) is 6.36. The number of halogens is 4. The van der Waals surface area contributed by atoms with E-state index < -0.39 is 28.9 Å². The molecule has 0 atom stereocenters. The third kappa shape index (κ3) is 3.60. The summed E-state index contributed by atoms with van der Waals surface area (Å²) in [5.74, 6) is -1.27. The van der Waals surface area contributed by atoms with Crippen LogP contribution in [0.25, 0.3) is 0 Å². The van der Waals surface area contributed by atoms with Gasteiger partial charge in [-0.2, -0.15) is 18.2 Å². The fourth-order valence-corrected chi connectivity index (χ4v) is 1.64. The van der Waals surface area contributed by atoms with Crippen molar-refractivity contribution in [3.05, 3.63) is 46.9 Å². The lowest BCUT2D eigenvalue weighted by Gasteiger charge is -2.10. The number of amides is 1. The van der Waals surface area contributed by atoms with Crippen LogP contribution in [0.3, 0.4) is 0 Å². The van der Waals surface area contributed by atoms with Gasteiger partial charge in [0.15, 0.2) is 5.69 Å². The predicted molar refractivity (Wildman–Crippen MR) is 67.1 cm³/mol. The molecule has 2 rings (SSSR count). The zero-order valence-electron chi connectivity index (χ0n) is 10.2. The maximum atomic E-state index is 12.6. The lowest BCUT2D eigenvalue weighted by atomic mass is 10.2. The molecule has 21 heavy (non-hydrogen) atoms. The molecule has 1 heterocycles. The molecule has 0 spiro atoms. The Balaban J connectivity index is 2.41. The summed E-state index contributed by atoms with van der Waals surface area (Å²) < 4.78 is 43.0. The number of carbonyl (C=O) groups excluding carboxylic acids is 1. The van der Waals surface area contributed by atoms with Gasteiger partial charge in [0.25, 0.3) is 5.91 Å². The molecule has 0 aliphatic carbocycles. The van der Waals surface area contributed by atoms with Crippen molar-refractivity contribution in [1.29, 1.82) is 0 Å². The van der Waals surface area contributed by atoms with Crippen LogP contribution in [0.5, 0.6) is 11.6 Å². The Labute approximate surface area is 121 Å². The predicted octanol–water partition coefficient (Wildman–Crippen LogP) is 3.04. The van der Waals surface area contributed by atoms with E-state index in [1.807, 2.05) is 0 Å². The Morgan fingerprint density at radius 3 is 2.52 bits per heavy atom. The molecule has 1 amide bonds. The van der Waals surface area contributed by atoms with E-state index in [0.29, 0.717) is 6.07 Å². The quantitative estimate of drug-likeness (QED) is 0.883. The Kier molecular flexibility index (Phi) is 3.99. The molecule has 9 heteroatoms. The summed E-state index contributed by atoms with van der Waals surface area (Å²) >= 11 is 5.43. The van der Waals surface area contributed by atoms with Crippen molar-refractivity contribution in [3.8, 4) is 11.6 Å². The minimum atomic E-state index is -4.70. The molecule has 1 aromatic heterocycles. The molecule has 0 aliphatic rings. The zero-order valence-corrected chi connectivity index (χ0v) is 10.9. The molecule has 2 aromatic rings. The molecule has 110 valence electrons. The average molecular weight is 318 g/mol. The number of hydrogen-bond acceptors (Lipinski definition) is 4. The van der Waals surface area contributed by atoms with E-state index in [1.165, 1.54) is 24.3 Å². The van der Waals surface area contributed by atoms with Crippen molar-refractivity contribution in [3.63, 3.8) is 0 Å². The van der Waals surface area contributed by atoms with Crippen molar-refractivity contribution >= 4 is 17.5 Å². The number of primary amides is 1. The minimum Gasteiger partial charge on any atom is -0.438 e.